The van der Waals surface area contributed by atoms with Crippen molar-refractivity contribution in [2.45, 2.75) is 71.9 Å². The van der Waals surface area contributed by atoms with Crippen LogP contribution in [0.4, 0.5) is 11.6 Å². The van der Waals surface area contributed by atoms with Gasteiger partial charge in [-0.1, -0.05) is 38.1 Å². The minimum Gasteiger partial charge on any atom is -0.465 e. The SMILES string of the molecule is COC(=O)c1c(C)cc(N2CCN(C(=O)c3cnc(N[C@@H]4CCc5ccccc54)c(C(C)C)n3)C(C)(C)C2)nc1C. The fraction of sp³-hybridized carbons (Fsp3) is 0.469. The van der Waals surface area contributed by atoms with Crippen LogP contribution in [0.3, 0.4) is 0 Å². The van der Waals surface area contributed by atoms with Gasteiger partial charge in [0.25, 0.3) is 5.91 Å². The minimum atomic E-state index is -0.482. The fourth-order valence-corrected chi connectivity index (χ4v) is 6.14. The van der Waals surface area contributed by atoms with Gasteiger partial charge in [-0.15, -0.1) is 0 Å². The van der Waals surface area contributed by atoms with E-state index in [0.717, 1.165) is 35.7 Å². The van der Waals surface area contributed by atoms with Crippen molar-refractivity contribution in [3.63, 3.8) is 0 Å². The lowest BCUT2D eigenvalue weighted by Crippen LogP contribution is -2.61. The molecule has 1 saturated heterocycles. The van der Waals surface area contributed by atoms with Crippen LogP contribution in [0.5, 0.6) is 0 Å². The fourth-order valence-electron chi connectivity index (χ4n) is 6.14. The molecule has 0 bridgehead atoms. The summed E-state index contributed by atoms with van der Waals surface area (Å²) >= 11 is 0. The smallest absolute Gasteiger partial charge is 0.339 e. The molecule has 0 saturated carbocycles. The lowest BCUT2D eigenvalue weighted by molar-refractivity contribution is 0.0505. The number of carbonyl (C=O) groups is 2. The number of ether oxygens (including phenoxy) is 1. The topological polar surface area (TPSA) is 101 Å². The number of nitrogens with zero attached hydrogens (tertiary/aromatic N) is 5. The van der Waals surface area contributed by atoms with Crippen LogP contribution in [0.15, 0.2) is 36.5 Å². The third kappa shape index (κ3) is 5.49. The standard InChI is InChI=1S/C32H40N6O3/c1-19(2)28-29(36-24-13-12-22-10-8-9-11-23(22)24)33-17-25(35-28)30(39)38-15-14-37(18-32(38,5)6)26-16-20(3)27(21(4)34-26)31(40)41-7/h8-11,16-17,19,24H,12-15,18H2,1-7H3,(H,33,36)/t24-/m1/s1. The van der Waals surface area contributed by atoms with Crippen LogP contribution in [-0.4, -0.2) is 64.0 Å². The van der Waals surface area contributed by atoms with Gasteiger partial charge < -0.3 is 19.9 Å². The summed E-state index contributed by atoms with van der Waals surface area (Å²) in [6, 6.07) is 10.6. The van der Waals surface area contributed by atoms with E-state index in [-0.39, 0.29) is 23.8 Å². The zero-order valence-corrected chi connectivity index (χ0v) is 25.1. The summed E-state index contributed by atoms with van der Waals surface area (Å²) in [5.74, 6) is 1.13. The maximum atomic E-state index is 13.8. The molecule has 1 aliphatic heterocycles. The van der Waals surface area contributed by atoms with Crippen LogP contribution in [-0.2, 0) is 11.2 Å². The molecule has 1 fully saturated rings. The Morgan fingerprint density at radius 1 is 1.12 bits per heavy atom. The molecule has 1 aromatic carbocycles. The molecule has 0 unspecified atom stereocenters. The van der Waals surface area contributed by atoms with Gasteiger partial charge in [-0.25, -0.2) is 19.7 Å². The first-order chi connectivity index (χ1) is 19.5. The van der Waals surface area contributed by atoms with Crippen molar-refractivity contribution in [1.82, 2.24) is 19.9 Å². The summed E-state index contributed by atoms with van der Waals surface area (Å²) in [7, 11) is 1.38. The molecule has 5 rings (SSSR count). The third-order valence-electron chi connectivity index (χ3n) is 8.25. The molecule has 0 spiro atoms. The Hall–Kier alpha value is -4.01. The van der Waals surface area contributed by atoms with Crippen molar-refractivity contribution in [3.8, 4) is 0 Å². The van der Waals surface area contributed by atoms with Crippen LogP contribution >= 0.6 is 0 Å². The number of amides is 1. The van der Waals surface area contributed by atoms with Crippen LogP contribution in [0.2, 0.25) is 0 Å². The highest BCUT2D eigenvalue weighted by Gasteiger charge is 2.39. The molecular formula is C32H40N6O3. The Kier molecular flexibility index (Phi) is 7.72. The Morgan fingerprint density at radius 2 is 1.88 bits per heavy atom. The van der Waals surface area contributed by atoms with E-state index in [1.807, 2.05) is 24.8 Å². The van der Waals surface area contributed by atoms with E-state index < -0.39 is 5.54 Å². The number of aromatic nitrogens is 3. The lowest BCUT2D eigenvalue weighted by Gasteiger charge is -2.47. The van der Waals surface area contributed by atoms with Gasteiger partial charge in [0, 0.05) is 19.6 Å². The van der Waals surface area contributed by atoms with Gasteiger partial charge in [0.15, 0.2) is 0 Å². The first-order valence-electron chi connectivity index (χ1n) is 14.3. The molecule has 3 heterocycles. The first-order valence-corrected chi connectivity index (χ1v) is 14.3. The van der Waals surface area contributed by atoms with E-state index in [2.05, 4.69) is 62.2 Å². The Labute approximate surface area is 242 Å². The largest absolute Gasteiger partial charge is 0.465 e. The number of carbonyl (C=O) groups excluding carboxylic acids is 2. The maximum Gasteiger partial charge on any atom is 0.339 e. The molecule has 3 aromatic rings. The molecular weight excluding hydrogens is 516 g/mol. The van der Waals surface area contributed by atoms with Gasteiger partial charge in [-0.3, -0.25) is 4.79 Å². The van der Waals surface area contributed by atoms with Crippen molar-refractivity contribution in [2.75, 3.05) is 37.0 Å². The molecule has 2 aliphatic rings. The number of hydrogen-bond donors (Lipinski definition) is 1. The van der Waals surface area contributed by atoms with Crippen LogP contribution < -0.4 is 10.2 Å². The Bertz CT molecular complexity index is 1460. The van der Waals surface area contributed by atoms with Gasteiger partial charge in [0.1, 0.15) is 17.3 Å². The minimum absolute atomic E-state index is 0.102. The second-order valence-corrected chi connectivity index (χ2v) is 12.0. The molecule has 41 heavy (non-hydrogen) atoms. The van der Waals surface area contributed by atoms with Gasteiger partial charge >= 0.3 is 5.97 Å². The predicted octanol–water partition coefficient (Wildman–Crippen LogP) is 5.24. The van der Waals surface area contributed by atoms with Crippen molar-refractivity contribution in [3.05, 3.63) is 75.9 Å². The quantitative estimate of drug-likeness (QED) is 0.412. The van der Waals surface area contributed by atoms with Crippen LogP contribution in [0, 0.1) is 13.8 Å². The monoisotopic (exact) mass is 556 g/mol. The van der Waals surface area contributed by atoms with E-state index in [4.69, 9.17) is 19.7 Å². The maximum absolute atomic E-state index is 13.8. The van der Waals surface area contributed by atoms with Crippen molar-refractivity contribution in [1.29, 1.82) is 0 Å². The van der Waals surface area contributed by atoms with Crippen molar-refractivity contribution >= 4 is 23.5 Å². The number of rotatable bonds is 6. The van der Waals surface area contributed by atoms with Gasteiger partial charge in [-0.2, -0.15) is 0 Å². The summed E-state index contributed by atoms with van der Waals surface area (Å²) in [4.78, 5) is 44.4. The van der Waals surface area contributed by atoms with Crippen LogP contribution in [0.1, 0.15) is 95.0 Å². The van der Waals surface area contributed by atoms with E-state index in [1.54, 1.807) is 6.20 Å². The number of piperazine rings is 1. The van der Waals surface area contributed by atoms with E-state index in [0.29, 0.717) is 36.6 Å². The van der Waals surface area contributed by atoms with Gasteiger partial charge in [0.2, 0.25) is 0 Å². The average Bonchev–Trinajstić information content (AvgIpc) is 3.34. The van der Waals surface area contributed by atoms with Gasteiger partial charge in [0.05, 0.1) is 41.8 Å². The normalized spacial score (nSPS) is 17.9. The zero-order valence-electron chi connectivity index (χ0n) is 25.1. The van der Waals surface area contributed by atoms with E-state index in [9.17, 15) is 9.59 Å². The average molecular weight is 557 g/mol. The molecule has 9 heteroatoms. The zero-order chi connectivity index (χ0) is 29.5. The van der Waals surface area contributed by atoms with Gasteiger partial charge in [-0.05, 0) is 69.2 Å². The molecule has 1 amide bonds. The van der Waals surface area contributed by atoms with Crippen molar-refractivity contribution < 1.29 is 14.3 Å². The molecule has 2 aromatic heterocycles. The molecule has 9 nitrogen and oxygen atoms in total. The summed E-state index contributed by atoms with van der Waals surface area (Å²) in [6.07, 6.45) is 3.66. The van der Waals surface area contributed by atoms with Crippen molar-refractivity contribution in [2.24, 2.45) is 0 Å². The number of benzene rings is 1. The van der Waals surface area contributed by atoms with Crippen LogP contribution in [0.25, 0.3) is 0 Å². The number of esters is 1. The first kappa shape index (κ1) is 28.5. The lowest BCUT2D eigenvalue weighted by atomic mass is 9.97. The highest BCUT2D eigenvalue weighted by atomic mass is 16.5. The number of hydrogen-bond acceptors (Lipinski definition) is 8. The van der Waals surface area contributed by atoms with E-state index >= 15 is 0 Å². The summed E-state index contributed by atoms with van der Waals surface area (Å²) in [6.45, 7) is 13.7. The summed E-state index contributed by atoms with van der Waals surface area (Å²) < 4.78 is 4.92. The highest BCUT2D eigenvalue weighted by Crippen LogP contribution is 2.35. The molecule has 216 valence electrons. The molecule has 1 N–H and O–H groups in total. The number of nitrogens with one attached hydrogen (secondary N) is 1. The number of anilines is 2. The highest BCUT2D eigenvalue weighted by molar-refractivity contribution is 5.93. The van der Waals surface area contributed by atoms with E-state index in [1.165, 1.54) is 18.2 Å². The Morgan fingerprint density at radius 3 is 2.56 bits per heavy atom. The Balaban J connectivity index is 1.34. The number of fused-ring (bicyclic) bond motifs is 1. The molecule has 0 radical (unpaired) electrons. The summed E-state index contributed by atoms with van der Waals surface area (Å²) in [5, 5.41) is 3.62. The summed E-state index contributed by atoms with van der Waals surface area (Å²) in [5.41, 5.74) is 5.32. The third-order valence-corrected chi connectivity index (χ3v) is 8.25. The second kappa shape index (κ2) is 11.1. The molecule has 1 atom stereocenters. The number of methoxy groups -OCH3 is 1. The number of pyridine rings is 1. The molecule has 1 aliphatic carbocycles. The number of aryl methyl sites for hydroxylation is 3. The predicted molar refractivity (Wildman–Crippen MR) is 160 cm³/mol. The second-order valence-electron chi connectivity index (χ2n) is 12.0.